The highest BCUT2D eigenvalue weighted by atomic mass is 19.3. The summed E-state index contributed by atoms with van der Waals surface area (Å²) in [5, 5.41) is 0. The van der Waals surface area contributed by atoms with Crippen LogP contribution in [0.2, 0.25) is 0 Å². The summed E-state index contributed by atoms with van der Waals surface area (Å²) in [4.78, 5) is 0. The first kappa shape index (κ1) is 24.0. The Bertz CT molecular complexity index is 928. The summed E-state index contributed by atoms with van der Waals surface area (Å²) in [5.41, 5.74) is 2.05. The average Bonchev–Trinajstić information content (AvgIpc) is 2.68. The molecule has 4 nitrogen and oxygen atoms in total. The second kappa shape index (κ2) is 9.46. The lowest BCUT2D eigenvalue weighted by molar-refractivity contribution is -0.391. The van der Waals surface area contributed by atoms with Crippen molar-refractivity contribution < 1.29 is 36.5 Å². The van der Waals surface area contributed by atoms with Crippen LogP contribution in [0.15, 0.2) is 36.4 Å². The molecule has 0 amide bonds. The first-order chi connectivity index (χ1) is 15.0. The average molecular weight is 456 g/mol. The Kier molecular flexibility index (Phi) is 7.10. The van der Waals surface area contributed by atoms with Gasteiger partial charge in [0.1, 0.15) is 13.2 Å². The van der Waals surface area contributed by atoms with E-state index in [1.807, 2.05) is 19.9 Å². The van der Waals surface area contributed by atoms with Gasteiger partial charge in [0, 0.05) is 0 Å². The molecular weight excluding hydrogens is 428 g/mol. The van der Waals surface area contributed by atoms with E-state index in [1.165, 1.54) is 17.7 Å². The maximum Gasteiger partial charge on any atom is 0.507 e. The topological polar surface area (TPSA) is 36.9 Å². The van der Waals surface area contributed by atoms with E-state index >= 15 is 0 Å². The highest BCUT2D eigenvalue weighted by Crippen LogP contribution is 2.47. The number of hydrogen-bond acceptors (Lipinski definition) is 4. The third-order valence-corrected chi connectivity index (χ3v) is 4.72. The standard InChI is InChI=1S/C12H12F4O2.C12H16O2/c1-7(2)5-8-3-4-9-10(6-8)18-12(15,16)11(13,14)17-9;1-9(2)7-10-3-4-11-12(8-10)14-6-5-13-11/h3-4,6-7H,5H2,1-2H3;3-4,8-9H,5-7H2,1-2H3. The van der Waals surface area contributed by atoms with E-state index in [-0.39, 0.29) is 11.5 Å². The van der Waals surface area contributed by atoms with Gasteiger partial charge in [0.05, 0.1) is 0 Å². The van der Waals surface area contributed by atoms with Crippen molar-refractivity contribution in [2.45, 2.75) is 52.8 Å². The van der Waals surface area contributed by atoms with Crippen LogP contribution in [0.5, 0.6) is 23.0 Å². The predicted molar refractivity (Wildman–Crippen MR) is 112 cm³/mol. The van der Waals surface area contributed by atoms with Crippen LogP contribution in [0.4, 0.5) is 17.6 Å². The van der Waals surface area contributed by atoms with E-state index in [4.69, 9.17) is 9.47 Å². The second-order valence-electron chi connectivity index (χ2n) is 8.69. The largest absolute Gasteiger partial charge is 0.507 e. The van der Waals surface area contributed by atoms with Crippen molar-refractivity contribution in [1.82, 2.24) is 0 Å². The lowest BCUT2D eigenvalue weighted by Crippen LogP contribution is -2.52. The molecule has 0 saturated carbocycles. The molecule has 0 saturated heterocycles. The number of halogens is 4. The summed E-state index contributed by atoms with van der Waals surface area (Å²) >= 11 is 0. The number of alkyl halides is 4. The van der Waals surface area contributed by atoms with Gasteiger partial charge in [0.25, 0.3) is 0 Å². The molecule has 0 atom stereocenters. The number of rotatable bonds is 4. The summed E-state index contributed by atoms with van der Waals surface area (Å²) in [5.74, 6) is 2.03. The van der Waals surface area contributed by atoms with Crippen molar-refractivity contribution in [1.29, 1.82) is 0 Å². The van der Waals surface area contributed by atoms with E-state index in [2.05, 4.69) is 35.5 Å². The van der Waals surface area contributed by atoms with Crippen LogP contribution in [0, 0.1) is 11.8 Å². The minimum Gasteiger partial charge on any atom is -0.486 e. The smallest absolute Gasteiger partial charge is 0.486 e. The van der Waals surface area contributed by atoms with Crippen molar-refractivity contribution in [2.75, 3.05) is 13.2 Å². The van der Waals surface area contributed by atoms with E-state index in [1.54, 1.807) is 6.07 Å². The van der Waals surface area contributed by atoms with Crippen molar-refractivity contribution in [2.24, 2.45) is 11.8 Å². The third kappa shape index (κ3) is 5.78. The number of hydrogen-bond donors (Lipinski definition) is 0. The Morgan fingerprint density at radius 3 is 1.62 bits per heavy atom. The van der Waals surface area contributed by atoms with Crippen LogP contribution in [-0.2, 0) is 12.8 Å². The van der Waals surface area contributed by atoms with Crippen LogP contribution in [0.3, 0.4) is 0 Å². The second-order valence-corrected chi connectivity index (χ2v) is 8.69. The minimum atomic E-state index is -4.66. The lowest BCUT2D eigenvalue weighted by Gasteiger charge is -2.32. The van der Waals surface area contributed by atoms with Gasteiger partial charge >= 0.3 is 12.2 Å². The Morgan fingerprint density at radius 2 is 1.09 bits per heavy atom. The van der Waals surface area contributed by atoms with E-state index in [0.717, 1.165) is 23.5 Å². The quantitative estimate of drug-likeness (QED) is 0.492. The Balaban J connectivity index is 0.000000186. The monoisotopic (exact) mass is 456 g/mol. The zero-order chi connectivity index (χ0) is 23.5. The zero-order valence-electron chi connectivity index (χ0n) is 18.6. The fourth-order valence-electron chi connectivity index (χ4n) is 3.40. The molecular formula is C24H28F4O4. The highest BCUT2D eigenvalue weighted by molar-refractivity contribution is 5.45. The lowest BCUT2D eigenvalue weighted by atomic mass is 10.0. The predicted octanol–water partition coefficient (Wildman–Crippen LogP) is 6.50. The Labute approximate surface area is 185 Å². The van der Waals surface area contributed by atoms with Crippen molar-refractivity contribution >= 4 is 0 Å². The SMILES string of the molecule is CC(C)Cc1ccc2c(c1)OC(F)(F)C(F)(F)O2.CC(C)Cc1ccc2c(c1)OCCO2. The minimum absolute atomic E-state index is 0.314. The van der Waals surface area contributed by atoms with Gasteiger partial charge in [-0.1, -0.05) is 39.8 Å². The molecule has 2 heterocycles. The summed E-state index contributed by atoms with van der Waals surface area (Å²) in [7, 11) is 0. The van der Waals surface area contributed by atoms with Crippen molar-refractivity contribution in [3.05, 3.63) is 47.5 Å². The van der Waals surface area contributed by atoms with Crippen LogP contribution in [0.1, 0.15) is 38.8 Å². The summed E-state index contributed by atoms with van der Waals surface area (Å²) in [6.45, 7) is 9.68. The van der Waals surface area contributed by atoms with Crippen molar-refractivity contribution in [3.8, 4) is 23.0 Å². The highest BCUT2D eigenvalue weighted by Gasteiger charge is 2.65. The maximum atomic E-state index is 13.0. The summed E-state index contributed by atoms with van der Waals surface area (Å²) in [6, 6.07) is 10.3. The molecule has 0 spiro atoms. The van der Waals surface area contributed by atoms with E-state index in [0.29, 0.717) is 31.5 Å². The number of fused-ring (bicyclic) bond motifs is 2. The van der Waals surface area contributed by atoms with E-state index < -0.39 is 12.2 Å². The molecule has 2 aromatic carbocycles. The molecule has 2 aliphatic heterocycles. The van der Waals surface area contributed by atoms with Gasteiger partial charge in [-0.15, -0.1) is 0 Å². The van der Waals surface area contributed by atoms with Gasteiger partial charge in [-0.2, -0.15) is 17.6 Å². The van der Waals surface area contributed by atoms with Crippen LogP contribution >= 0.6 is 0 Å². The molecule has 0 aliphatic carbocycles. The third-order valence-electron chi connectivity index (χ3n) is 4.72. The fraction of sp³-hybridized carbons (Fsp3) is 0.500. The van der Waals surface area contributed by atoms with E-state index in [9.17, 15) is 17.6 Å². The van der Waals surface area contributed by atoms with Crippen molar-refractivity contribution in [3.63, 3.8) is 0 Å². The molecule has 0 unspecified atom stereocenters. The van der Waals surface area contributed by atoms with Gasteiger partial charge in [-0.05, 0) is 60.1 Å². The molecule has 0 fully saturated rings. The molecule has 2 aromatic rings. The van der Waals surface area contributed by atoms with Gasteiger partial charge in [0.15, 0.2) is 23.0 Å². The molecule has 32 heavy (non-hydrogen) atoms. The number of benzene rings is 2. The molecule has 8 heteroatoms. The zero-order valence-corrected chi connectivity index (χ0v) is 18.6. The molecule has 0 radical (unpaired) electrons. The first-order valence-electron chi connectivity index (χ1n) is 10.6. The van der Waals surface area contributed by atoms with Gasteiger partial charge < -0.3 is 18.9 Å². The normalized spacial score (nSPS) is 17.6. The van der Waals surface area contributed by atoms with Crippen LogP contribution in [-0.4, -0.2) is 25.4 Å². The molecule has 2 aliphatic rings. The Hall–Kier alpha value is -2.64. The van der Waals surface area contributed by atoms with Crippen LogP contribution in [0.25, 0.3) is 0 Å². The molecule has 176 valence electrons. The summed E-state index contributed by atoms with van der Waals surface area (Å²) < 4.78 is 70.7. The van der Waals surface area contributed by atoms with Gasteiger partial charge in [0.2, 0.25) is 0 Å². The summed E-state index contributed by atoms with van der Waals surface area (Å²) in [6.07, 6.45) is -7.58. The van der Waals surface area contributed by atoms with Gasteiger partial charge in [-0.3, -0.25) is 0 Å². The molecule has 0 N–H and O–H groups in total. The molecule has 0 aromatic heterocycles. The molecule has 4 rings (SSSR count). The molecule has 0 bridgehead atoms. The number of ether oxygens (including phenoxy) is 4. The Morgan fingerprint density at radius 1 is 0.656 bits per heavy atom. The maximum absolute atomic E-state index is 13.0. The first-order valence-corrected chi connectivity index (χ1v) is 10.6. The van der Waals surface area contributed by atoms with Crippen LogP contribution < -0.4 is 18.9 Å². The van der Waals surface area contributed by atoms with Gasteiger partial charge in [-0.25, -0.2) is 0 Å². The fourth-order valence-corrected chi connectivity index (χ4v) is 3.40.